The summed E-state index contributed by atoms with van der Waals surface area (Å²) in [6, 6.07) is 9.53. The maximum atomic E-state index is 6.10. The summed E-state index contributed by atoms with van der Waals surface area (Å²) in [5, 5.41) is 4.57. The molecule has 2 aromatic carbocycles. The van der Waals surface area contributed by atoms with Gasteiger partial charge in [-0.15, -0.1) is 0 Å². The molecular formula is C15H13BrClN3OS. The highest BCUT2D eigenvalue weighted by molar-refractivity contribution is 9.10. The fourth-order valence-electron chi connectivity index (χ4n) is 2.06. The molecule has 0 spiro atoms. The Labute approximate surface area is 145 Å². The molecule has 3 aromatic rings. The van der Waals surface area contributed by atoms with Gasteiger partial charge in [0.1, 0.15) is 5.52 Å². The first-order valence-corrected chi connectivity index (χ1v) is 8.88. The van der Waals surface area contributed by atoms with Crippen molar-refractivity contribution in [3.63, 3.8) is 0 Å². The van der Waals surface area contributed by atoms with Crippen LogP contribution in [0.2, 0.25) is 5.02 Å². The lowest BCUT2D eigenvalue weighted by Crippen LogP contribution is -2.02. The highest BCUT2D eigenvalue weighted by Gasteiger charge is 2.07. The molecule has 0 aliphatic rings. The van der Waals surface area contributed by atoms with Crippen molar-refractivity contribution >= 4 is 61.8 Å². The Balaban J connectivity index is 1.80. The Hall–Kier alpha value is -1.37. The number of fused-ring (bicyclic) bond motifs is 1. The topological polar surface area (TPSA) is 64.1 Å². The lowest BCUT2D eigenvalue weighted by Gasteiger charge is -2.10. The largest absolute Gasteiger partial charge is 0.431 e. The number of hydrogen-bond acceptors (Lipinski definition) is 5. The minimum Gasteiger partial charge on any atom is -0.431 e. The quantitative estimate of drug-likeness (QED) is 0.469. The maximum Gasteiger partial charge on any atom is 0.256 e. The predicted octanol–water partition coefficient (Wildman–Crippen LogP) is 5.16. The standard InChI is InChI=1S/C15H13BrClN3OS/c1-22-15-20-12-3-2-8(4-14(12)21-15)7-19-13-6-10(17)9(16)5-11(13)18/h2-6,19H,7,18H2,1H3. The van der Waals surface area contributed by atoms with E-state index in [-0.39, 0.29) is 0 Å². The molecule has 0 aliphatic heterocycles. The molecule has 0 saturated carbocycles. The number of aromatic nitrogens is 1. The Kier molecular flexibility index (Phi) is 4.52. The van der Waals surface area contributed by atoms with Gasteiger partial charge in [0.2, 0.25) is 0 Å². The van der Waals surface area contributed by atoms with Crippen molar-refractivity contribution in [2.75, 3.05) is 17.3 Å². The number of hydrogen-bond donors (Lipinski definition) is 2. The summed E-state index contributed by atoms with van der Waals surface area (Å²) in [6.07, 6.45) is 1.94. The van der Waals surface area contributed by atoms with E-state index in [4.69, 9.17) is 21.8 Å². The Morgan fingerprint density at radius 1 is 1.36 bits per heavy atom. The zero-order valence-electron chi connectivity index (χ0n) is 11.7. The van der Waals surface area contributed by atoms with Gasteiger partial charge in [0.05, 0.1) is 16.4 Å². The SMILES string of the molecule is CSc1nc2ccc(CNc3cc(Cl)c(Br)cc3N)cc2o1. The molecule has 22 heavy (non-hydrogen) atoms. The van der Waals surface area contributed by atoms with E-state index < -0.39 is 0 Å². The number of nitrogens with one attached hydrogen (secondary N) is 1. The normalized spacial score (nSPS) is 11.0. The number of halogens is 2. The minimum atomic E-state index is 0.618. The number of nitrogens with zero attached hydrogens (tertiary/aromatic N) is 1. The molecule has 114 valence electrons. The zero-order chi connectivity index (χ0) is 15.7. The number of thioether (sulfide) groups is 1. The van der Waals surface area contributed by atoms with Crippen molar-refractivity contribution in [3.8, 4) is 0 Å². The van der Waals surface area contributed by atoms with E-state index in [1.54, 1.807) is 12.1 Å². The van der Waals surface area contributed by atoms with Gasteiger partial charge in [-0.25, -0.2) is 4.98 Å². The molecule has 0 amide bonds. The second kappa shape index (κ2) is 6.40. The van der Waals surface area contributed by atoms with Gasteiger partial charge < -0.3 is 15.5 Å². The maximum absolute atomic E-state index is 6.10. The average molecular weight is 399 g/mol. The first kappa shape index (κ1) is 15.5. The van der Waals surface area contributed by atoms with Crippen molar-refractivity contribution in [2.45, 2.75) is 11.8 Å². The monoisotopic (exact) mass is 397 g/mol. The molecule has 7 heteroatoms. The van der Waals surface area contributed by atoms with Crippen LogP contribution in [0.4, 0.5) is 11.4 Å². The van der Waals surface area contributed by atoms with E-state index in [0.717, 1.165) is 26.8 Å². The fourth-order valence-corrected chi connectivity index (χ4v) is 2.95. The van der Waals surface area contributed by atoms with E-state index in [2.05, 4.69) is 26.2 Å². The first-order valence-electron chi connectivity index (χ1n) is 6.48. The third kappa shape index (κ3) is 3.19. The van der Waals surface area contributed by atoms with E-state index in [1.165, 1.54) is 11.8 Å². The molecule has 3 N–H and O–H groups in total. The summed E-state index contributed by atoms with van der Waals surface area (Å²) in [5.41, 5.74) is 10.1. The van der Waals surface area contributed by atoms with Gasteiger partial charge in [-0.2, -0.15) is 0 Å². The van der Waals surface area contributed by atoms with Gasteiger partial charge in [0.15, 0.2) is 5.58 Å². The second-order valence-electron chi connectivity index (χ2n) is 4.69. The second-order valence-corrected chi connectivity index (χ2v) is 6.71. The lowest BCUT2D eigenvalue weighted by molar-refractivity contribution is 0.490. The zero-order valence-corrected chi connectivity index (χ0v) is 14.8. The molecule has 4 nitrogen and oxygen atoms in total. The fraction of sp³-hybridized carbons (Fsp3) is 0.133. The van der Waals surface area contributed by atoms with Gasteiger partial charge in [0, 0.05) is 11.0 Å². The Bertz CT molecular complexity index is 837. The predicted molar refractivity (Wildman–Crippen MR) is 96.7 cm³/mol. The molecule has 0 saturated heterocycles. The summed E-state index contributed by atoms with van der Waals surface area (Å²) < 4.78 is 6.42. The molecule has 0 radical (unpaired) electrons. The number of benzene rings is 2. The van der Waals surface area contributed by atoms with Crippen LogP contribution in [0.25, 0.3) is 11.1 Å². The minimum absolute atomic E-state index is 0.618. The van der Waals surface area contributed by atoms with E-state index in [9.17, 15) is 0 Å². The summed E-state index contributed by atoms with van der Waals surface area (Å²) in [5.74, 6) is 0. The molecule has 0 unspecified atom stereocenters. The van der Waals surface area contributed by atoms with Crippen LogP contribution in [0.15, 0.2) is 44.4 Å². The van der Waals surface area contributed by atoms with Crippen LogP contribution in [0.5, 0.6) is 0 Å². The Morgan fingerprint density at radius 3 is 2.95 bits per heavy atom. The van der Waals surface area contributed by atoms with Gasteiger partial charge in [0.25, 0.3) is 5.22 Å². The van der Waals surface area contributed by atoms with Gasteiger partial charge in [-0.05, 0) is 52.0 Å². The van der Waals surface area contributed by atoms with Crippen molar-refractivity contribution in [2.24, 2.45) is 0 Å². The van der Waals surface area contributed by atoms with Crippen molar-refractivity contribution in [1.29, 1.82) is 0 Å². The Morgan fingerprint density at radius 2 is 2.18 bits per heavy atom. The van der Waals surface area contributed by atoms with Crippen LogP contribution in [0.1, 0.15) is 5.56 Å². The molecule has 0 bridgehead atoms. The number of anilines is 2. The average Bonchev–Trinajstić information content (AvgIpc) is 2.92. The molecule has 3 rings (SSSR count). The van der Waals surface area contributed by atoms with Crippen LogP contribution >= 0.6 is 39.3 Å². The smallest absolute Gasteiger partial charge is 0.256 e. The molecule has 1 heterocycles. The van der Waals surface area contributed by atoms with Crippen molar-refractivity contribution in [3.05, 3.63) is 45.4 Å². The number of nitrogen functional groups attached to an aromatic ring is 1. The molecular weight excluding hydrogens is 386 g/mol. The van der Waals surface area contributed by atoms with Gasteiger partial charge >= 0.3 is 0 Å². The lowest BCUT2D eigenvalue weighted by atomic mass is 10.2. The summed E-state index contributed by atoms with van der Waals surface area (Å²) >= 11 is 10.9. The van der Waals surface area contributed by atoms with Crippen LogP contribution < -0.4 is 11.1 Å². The highest BCUT2D eigenvalue weighted by atomic mass is 79.9. The number of oxazole rings is 1. The van der Waals surface area contributed by atoms with Crippen LogP contribution in [-0.4, -0.2) is 11.2 Å². The van der Waals surface area contributed by atoms with Crippen LogP contribution in [-0.2, 0) is 6.54 Å². The molecule has 1 aromatic heterocycles. The summed E-state index contributed by atoms with van der Waals surface area (Å²) in [7, 11) is 0. The van der Waals surface area contributed by atoms with Crippen molar-refractivity contribution in [1.82, 2.24) is 4.98 Å². The summed E-state index contributed by atoms with van der Waals surface area (Å²) in [6.45, 7) is 0.618. The van der Waals surface area contributed by atoms with Gasteiger partial charge in [-0.1, -0.05) is 29.4 Å². The number of rotatable bonds is 4. The van der Waals surface area contributed by atoms with E-state index in [0.29, 0.717) is 22.5 Å². The molecule has 0 aliphatic carbocycles. The van der Waals surface area contributed by atoms with E-state index in [1.807, 2.05) is 24.5 Å². The number of nitrogens with two attached hydrogens (primary N) is 1. The van der Waals surface area contributed by atoms with Crippen LogP contribution in [0, 0.1) is 0 Å². The molecule has 0 fully saturated rings. The van der Waals surface area contributed by atoms with E-state index >= 15 is 0 Å². The van der Waals surface area contributed by atoms with Crippen molar-refractivity contribution < 1.29 is 4.42 Å². The molecule has 0 atom stereocenters. The first-order chi connectivity index (χ1) is 10.6. The third-order valence-corrected chi connectivity index (χ3v) is 4.90. The van der Waals surface area contributed by atoms with Gasteiger partial charge in [-0.3, -0.25) is 0 Å². The highest BCUT2D eigenvalue weighted by Crippen LogP contribution is 2.31. The summed E-state index contributed by atoms with van der Waals surface area (Å²) in [4.78, 5) is 4.36. The third-order valence-electron chi connectivity index (χ3n) is 3.18. The van der Waals surface area contributed by atoms with Crippen LogP contribution in [0.3, 0.4) is 0 Å².